The number of halogens is 3. The van der Waals surface area contributed by atoms with Gasteiger partial charge in [0, 0.05) is 18.0 Å². The fourth-order valence-corrected chi connectivity index (χ4v) is 2.55. The minimum absolute atomic E-state index is 0.0274. The van der Waals surface area contributed by atoms with E-state index in [1.54, 1.807) is 13.8 Å². The molecule has 112 valence electrons. The first-order valence-corrected chi connectivity index (χ1v) is 6.86. The van der Waals surface area contributed by atoms with Crippen LogP contribution in [0.2, 0.25) is 0 Å². The first-order valence-electron chi connectivity index (χ1n) is 6.86. The summed E-state index contributed by atoms with van der Waals surface area (Å²) in [5.74, 6) is -0.465. The second-order valence-electron chi connectivity index (χ2n) is 5.50. The predicted molar refractivity (Wildman–Crippen MR) is 67.5 cm³/mol. The Bertz CT molecular complexity index is 310. The van der Waals surface area contributed by atoms with Crippen molar-refractivity contribution >= 4 is 5.91 Å². The van der Waals surface area contributed by atoms with E-state index in [1.807, 2.05) is 0 Å². The standard InChI is InChI=1S/C13H23F3N2O/c1-3-10(4-2)18(9-13(14,15)16)11(19)8-12(17)6-5-7-12/h10H,3-9,17H2,1-2H3. The van der Waals surface area contributed by atoms with Crippen molar-refractivity contribution in [2.45, 2.75) is 70.1 Å². The second kappa shape index (κ2) is 6.11. The number of hydrogen-bond donors (Lipinski definition) is 1. The van der Waals surface area contributed by atoms with Crippen molar-refractivity contribution in [3.8, 4) is 0 Å². The summed E-state index contributed by atoms with van der Waals surface area (Å²) in [7, 11) is 0. The van der Waals surface area contributed by atoms with Crippen molar-refractivity contribution in [3.63, 3.8) is 0 Å². The number of nitrogens with two attached hydrogens (primary N) is 1. The number of rotatable bonds is 6. The molecule has 1 amide bonds. The largest absolute Gasteiger partial charge is 0.406 e. The van der Waals surface area contributed by atoms with Gasteiger partial charge in [-0.05, 0) is 32.1 Å². The van der Waals surface area contributed by atoms with Gasteiger partial charge in [-0.1, -0.05) is 13.8 Å². The molecular formula is C13H23F3N2O. The van der Waals surface area contributed by atoms with E-state index in [4.69, 9.17) is 5.73 Å². The zero-order chi connectivity index (χ0) is 14.7. The maximum Gasteiger partial charge on any atom is 0.406 e. The Balaban J connectivity index is 2.73. The molecule has 0 unspecified atom stereocenters. The molecular weight excluding hydrogens is 257 g/mol. The van der Waals surface area contributed by atoms with Crippen molar-refractivity contribution in [1.82, 2.24) is 4.90 Å². The smallest absolute Gasteiger partial charge is 0.331 e. The molecule has 1 aliphatic rings. The zero-order valence-corrected chi connectivity index (χ0v) is 11.6. The molecule has 0 radical (unpaired) electrons. The summed E-state index contributed by atoms with van der Waals surface area (Å²) in [6.45, 7) is 2.42. The maximum atomic E-state index is 12.6. The molecule has 0 aromatic heterocycles. The van der Waals surface area contributed by atoms with E-state index in [-0.39, 0.29) is 12.5 Å². The highest BCUT2D eigenvalue weighted by molar-refractivity contribution is 5.78. The second-order valence-corrected chi connectivity index (χ2v) is 5.50. The number of carbonyl (C=O) groups is 1. The third-order valence-electron chi connectivity index (χ3n) is 3.91. The highest BCUT2D eigenvalue weighted by atomic mass is 19.4. The molecule has 1 rings (SSSR count). The fraction of sp³-hybridized carbons (Fsp3) is 0.923. The lowest BCUT2D eigenvalue weighted by Gasteiger charge is -2.40. The minimum Gasteiger partial charge on any atom is -0.331 e. The van der Waals surface area contributed by atoms with Crippen LogP contribution in [0.5, 0.6) is 0 Å². The lowest BCUT2D eigenvalue weighted by atomic mass is 9.75. The Labute approximate surface area is 112 Å². The number of carbonyl (C=O) groups excluding carboxylic acids is 1. The molecule has 0 aromatic rings. The molecule has 1 fully saturated rings. The third-order valence-corrected chi connectivity index (χ3v) is 3.91. The van der Waals surface area contributed by atoms with Crippen LogP contribution in [0.4, 0.5) is 13.2 Å². The van der Waals surface area contributed by atoms with E-state index >= 15 is 0 Å². The lowest BCUT2D eigenvalue weighted by Crippen LogP contribution is -2.53. The molecule has 3 nitrogen and oxygen atoms in total. The van der Waals surface area contributed by atoms with Gasteiger partial charge in [-0.2, -0.15) is 13.2 Å². The van der Waals surface area contributed by atoms with Gasteiger partial charge in [-0.15, -0.1) is 0 Å². The van der Waals surface area contributed by atoms with E-state index in [0.29, 0.717) is 12.8 Å². The summed E-state index contributed by atoms with van der Waals surface area (Å²) in [5.41, 5.74) is 5.38. The van der Waals surface area contributed by atoms with Crippen molar-refractivity contribution in [2.75, 3.05) is 6.54 Å². The number of amides is 1. The summed E-state index contributed by atoms with van der Waals surface area (Å²) in [6, 6.07) is -0.363. The Morgan fingerprint density at radius 2 is 1.84 bits per heavy atom. The average molecular weight is 280 g/mol. The molecule has 19 heavy (non-hydrogen) atoms. The highest BCUT2D eigenvalue weighted by Gasteiger charge is 2.40. The summed E-state index contributed by atoms with van der Waals surface area (Å²) in [5, 5.41) is 0. The maximum absolute atomic E-state index is 12.6. The summed E-state index contributed by atoms with van der Waals surface area (Å²) >= 11 is 0. The van der Waals surface area contributed by atoms with Gasteiger partial charge in [0.25, 0.3) is 0 Å². The van der Waals surface area contributed by atoms with E-state index in [1.165, 1.54) is 0 Å². The average Bonchev–Trinajstić information content (AvgIpc) is 2.25. The van der Waals surface area contributed by atoms with Gasteiger partial charge in [0.2, 0.25) is 5.91 Å². The topological polar surface area (TPSA) is 46.3 Å². The van der Waals surface area contributed by atoms with Gasteiger partial charge >= 0.3 is 6.18 Å². The van der Waals surface area contributed by atoms with Crippen LogP contribution in [0.1, 0.15) is 52.4 Å². The van der Waals surface area contributed by atoms with Gasteiger partial charge < -0.3 is 10.6 Å². The Kier molecular flexibility index (Phi) is 5.24. The first kappa shape index (κ1) is 16.3. The van der Waals surface area contributed by atoms with Crippen molar-refractivity contribution in [2.24, 2.45) is 5.73 Å². The molecule has 0 saturated heterocycles. The highest BCUT2D eigenvalue weighted by Crippen LogP contribution is 2.33. The number of alkyl halides is 3. The van der Waals surface area contributed by atoms with E-state index in [2.05, 4.69) is 0 Å². The van der Waals surface area contributed by atoms with Gasteiger partial charge in [-0.3, -0.25) is 4.79 Å². The van der Waals surface area contributed by atoms with Crippen LogP contribution in [0.25, 0.3) is 0 Å². The minimum atomic E-state index is -4.36. The molecule has 0 bridgehead atoms. The molecule has 2 N–H and O–H groups in total. The summed E-state index contributed by atoms with van der Waals surface area (Å²) in [4.78, 5) is 13.1. The van der Waals surface area contributed by atoms with Crippen LogP contribution in [0.15, 0.2) is 0 Å². The van der Waals surface area contributed by atoms with Crippen LogP contribution in [-0.2, 0) is 4.79 Å². The normalized spacial score (nSPS) is 18.3. The van der Waals surface area contributed by atoms with Crippen LogP contribution < -0.4 is 5.73 Å². The molecule has 6 heteroatoms. The van der Waals surface area contributed by atoms with Crippen LogP contribution in [0, 0.1) is 0 Å². The summed E-state index contributed by atoms with van der Waals surface area (Å²) in [6.07, 6.45) is -0.887. The summed E-state index contributed by atoms with van der Waals surface area (Å²) < 4.78 is 37.8. The van der Waals surface area contributed by atoms with Crippen molar-refractivity contribution in [3.05, 3.63) is 0 Å². The van der Waals surface area contributed by atoms with Gasteiger partial charge in [0.15, 0.2) is 0 Å². The van der Waals surface area contributed by atoms with Gasteiger partial charge in [0.05, 0.1) is 0 Å². The fourth-order valence-electron chi connectivity index (χ4n) is 2.55. The van der Waals surface area contributed by atoms with Crippen LogP contribution >= 0.6 is 0 Å². The van der Waals surface area contributed by atoms with Gasteiger partial charge in [-0.25, -0.2) is 0 Å². The van der Waals surface area contributed by atoms with Crippen molar-refractivity contribution in [1.29, 1.82) is 0 Å². The molecule has 1 aliphatic carbocycles. The molecule has 0 atom stereocenters. The van der Waals surface area contributed by atoms with E-state index in [0.717, 1.165) is 24.2 Å². The molecule has 1 saturated carbocycles. The quantitative estimate of drug-likeness (QED) is 0.813. The van der Waals surface area contributed by atoms with Gasteiger partial charge in [0.1, 0.15) is 6.54 Å². The molecule has 0 spiro atoms. The van der Waals surface area contributed by atoms with E-state index in [9.17, 15) is 18.0 Å². The Hall–Kier alpha value is -0.780. The molecule has 0 aromatic carbocycles. The van der Waals surface area contributed by atoms with E-state index < -0.39 is 24.2 Å². The monoisotopic (exact) mass is 280 g/mol. The Morgan fingerprint density at radius 3 is 2.16 bits per heavy atom. The number of nitrogens with zero attached hydrogens (tertiary/aromatic N) is 1. The molecule has 0 aliphatic heterocycles. The number of hydrogen-bond acceptors (Lipinski definition) is 2. The molecule has 0 heterocycles. The third kappa shape index (κ3) is 4.67. The zero-order valence-electron chi connectivity index (χ0n) is 11.6. The van der Waals surface area contributed by atoms with Crippen LogP contribution in [-0.4, -0.2) is 35.1 Å². The Morgan fingerprint density at radius 1 is 1.32 bits per heavy atom. The lowest BCUT2D eigenvalue weighted by molar-refractivity contribution is -0.167. The van der Waals surface area contributed by atoms with Crippen molar-refractivity contribution < 1.29 is 18.0 Å². The SMILES string of the molecule is CCC(CC)N(CC(F)(F)F)C(=O)CC1(N)CCC1. The first-order chi connectivity index (χ1) is 8.71. The van der Waals surface area contributed by atoms with Crippen LogP contribution in [0.3, 0.4) is 0 Å². The predicted octanol–water partition coefficient (Wildman–Crippen LogP) is 2.84.